The number of β-amino-alcohol motifs (C(OH)–C–C–N with tert-alkyl or cyclic N) is 1. The summed E-state index contributed by atoms with van der Waals surface area (Å²) in [5.41, 5.74) is 4.18. The van der Waals surface area contributed by atoms with Crippen molar-refractivity contribution < 1.29 is 9.50 Å². The van der Waals surface area contributed by atoms with Gasteiger partial charge in [-0.25, -0.2) is 4.39 Å². The highest BCUT2D eigenvalue weighted by molar-refractivity contribution is 7.10. The molecule has 2 N–H and O–H groups in total. The molecule has 26 heavy (non-hydrogen) atoms. The van der Waals surface area contributed by atoms with Crippen LogP contribution in [0.25, 0.3) is 11.3 Å². The topological polar surface area (TPSA) is 52.2 Å². The van der Waals surface area contributed by atoms with Gasteiger partial charge in [0.25, 0.3) is 0 Å². The minimum absolute atomic E-state index is 0.229. The van der Waals surface area contributed by atoms with Crippen LogP contribution in [0.3, 0.4) is 0 Å². The zero-order valence-corrected chi connectivity index (χ0v) is 15.5. The van der Waals surface area contributed by atoms with Crippen LogP contribution >= 0.6 is 11.3 Å². The Morgan fingerprint density at radius 3 is 2.81 bits per heavy atom. The maximum Gasteiger partial charge on any atom is 0.123 e. The van der Waals surface area contributed by atoms with E-state index in [1.54, 1.807) is 23.5 Å². The van der Waals surface area contributed by atoms with Gasteiger partial charge < -0.3 is 5.11 Å². The number of halogens is 1. The molecule has 0 spiro atoms. The number of aromatic amines is 1. The van der Waals surface area contributed by atoms with Crippen LogP contribution in [0, 0.1) is 12.7 Å². The molecule has 1 aliphatic rings. The van der Waals surface area contributed by atoms with E-state index in [4.69, 9.17) is 0 Å². The quantitative estimate of drug-likeness (QED) is 0.730. The Labute approximate surface area is 156 Å². The SMILES string of the molecule is Cc1ccsc1[C@@H]1CCN(Cc2cn[nH]c2-c2ccc(F)cc2)C[C@H]1O. The number of aromatic nitrogens is 2. The molecule has 1 aliphatic heterocycles. The Balaban J connectivity index is 1.46. The monoisotopic (exact) mass is 371 g/mol. The number of nitrogens with zero attached hydrogens (tertiary/aromatic N) is 2. The molecule has 6 heteroatoms. The average Bonchev–Trinajstić information content (AvgIpc) is 3.25. The Kier molecular flexibility index (Phi) is 4.89. The molecule has 1 saturated heterocycles. The second kappa shape index (κ2) is 7.31. The number of hydrogen-bond donors (Lipinski definition) is 2. The van der Waals surface area contributed by atoms with Crippen LogP contribution < -0.4 is 0 Å². The predicted octanol–water partition coefficient (Wildman–Crippen LogP) is 3.94. The minimum Gasteiger partial charge on any atom is -0.391 e. The molecular formula is C20H22FN3OS. The van der Waals surface area contributed by atoms with Crippen molar-refractivity contribution in [3.63, 3.8) is 0 Å². The summed E-state index contributed by atoms with van der Waals surface area (Å²) in [5.74, 6) is -0.0175. The third-order valence-electron chi connectivity index (χ3n) is 5.15. The molecular weight excluding hydrogens is 349 g/mol. The molecule has 1 fully saturated rings. The lowest BCUT2D eigenvalue weighted by molar-refractivity contribution is 0.0486. The van der Waals surface area contributed by atoms with Gasteiger partial charge in [-0.2, -0.15) is 5.10 Å². The molecule has 136 valence electrons. The van der Waals surface area contributed by atoms with Gasteiger partial charge in [-0.3, -0.25) is 10.00 Å². The van der Waals surface area contributed by atoms with Crippen LogP contribution in [0.2, 0.25) is 0 Å². The molecule has 0 bridgehead atoms. The first-order valence-corrected chi connectivity index (χ1v) is 9.72. The summed E-state index contributed by atoms with van der Waals surface area (Å²) in [4.78, 5) is 3.58. The molecule has 2 atom stereocenters. The summed E-state index contributed by atoms with van der Waals surface area (Å²) >= 11 is 1.74. The number of likely N-dealkylation sites (tertiary alicyclic amines) is 1. The number of aliphatic hydroxyl groups is 1. The number of thiophene rings is 1. The predicted molar refractivity (Wildman–Crippen MR) is 102 cm³/mol. The summed E-state index contributed by atoms with van der Waals surface area (Å²) in [5, 5.41) is 20.0. The van der Waals surface area contributed by atoms with Gasteiger partial charge in [0.05, 0.1) is 18.0 Å². The summed E-state index contributed by atoms with van der Waals surface area (Å²) < 4.78 is 13.2. The van der Waals surface area contributed by atoms with Crippen molar-refractivity contribution in [2.75, 3.05) is 13.1 Å². The van der Waals surface area contributed by atoms with Crippen molar-refractivity contribution in [2.24, 2.45) is 0 Å². The number of H-pyrrole nitrogens is 1. The molecule has 0 saturated carbocycles. The summed E-state index contributed by atoms with van der Waals surface area (Å²) in [6, 6.07) is 8.55. The highest BCUT2D eigenvalue weighted by atomic mass is 32.1. The van der Waals surface area contributed by atoms with E-state index < -0.39 is 0 Å². The Morgan fingerprint density at radius 1 is 1.31 bits per heavy atom. The fourth-order valence-electron chi connectivity index (χ4n) is 3.75. The molecule has 4 rings (SSSR count). The highest BCUT2D eigenvalue weighted by Gasteiger charge is 2.30. The van der Waals surface area contributed by atoms with Gasteiger partial charge in [0, 0.05) is 35.0 Å². The normalized spacial score (nSPS) is 21.2. The summed E-state index contributed by atoms with van der Waals surface area (Å²) in [6.07, 6.45) is 2.41. The molecule has 0 amide bonds. The lowest BCUT2D eigenvalue weighted by atomic mass is 9.90. The van der Waals surface area contributed by atoms with Gasteiger partial charge in [0.2, 0.25) is 0 Å². The molecule has 1 aromatic carbocycles. The number of rotatable bonds is 4. The molecule has 3 heterocycles. The first-order valence-electron chi connectivity index (χ1n) is 8.84. The van der Waals surface area contributed by atoms with Crippen molar-refractivity contribution in [3.05, 3.63) is 63.7 Å². The Bertz CT molecular complexity index is 873. The van der Waals surface area contributed by atoms with Gasteiger partial charge in [-0.1, -0.05) is 0 Å². The van der Waals surface area contributed by atoms with Gasteiger partial charge >= 0.3 is 0 Å². The van der Waals surface area contributed by atoms with E-state index in [9.17, 15) is 9.50 Å². The largest absolute Gasteiger partial charge is 0.391 e. The molecule has 0 radical (unpaired) electrons. The molecule has 0 aliphatic carbocycles. The summed E-state index contributed by atoms with van der Waals surface area (Å²) in [6.45, 7) is 4.42. The van der Waals surface area contributed by atoms with Crippen LogP contribution in [0.1, 0.15) is 28.3 Å². The van der Waals surface area contributed by atoms with E-state index in [-0.39, 0.29) is 17.8 Å². The maximum absolute atomic E-state index is 13.2. The van der Waals surface area contributed by atoms with Crippen molar-refractivity contribution >= 4 is 11.3 Å². The van der Waals surface area contributed by atoms with E-state index in [0.29, 0.717) is 6.54 Å². The van der Waals surface area contributed by atoms with E-state index >= 15 is 0 Å². The third kappa shape index (κ3) is 3.45. The van der Waals surface area contributed by atoms with Gasteiger partial charge in [-0.15, -0.1) is 11.3 Å². The van der Waals surface area contributed by atoms with Crippen molar-refractivity contribution in [3.8, 4) is 11.3 Å². The first kappa shape index (κ1) is 17.4. The fourth-order valence-corrected chi connectivity index (χ4v) is 4.87. The number of hydrogen-bond acceptors (Lipinski definition) is 4. The van der Waals surface area contributed by atoms with Gasteiger partial charge in [0.1, 0.15) is 5.82 Å². The second-order valence-electron chi connectivity index (χ2n) is 6.94. The van der Waals surface area contributed by atoms with Gasteiger partial charge in [-0.05, 0) is 61.2 Å². The molecule has 4 nitrogen and oxygen atoms in total. The number of aliphatic hydroxyl groups excluding tert-OH is 1. The first-order chi connectivity index (χ1) is 12.6. The van der Waals surface area contributed by atoms with Crippen molar-refractivity contribution in [1.82, 2.24) is 15.1 Å². The number of aryl methyl sites for hydroxylation is 1. The second-order valence-corrected chi connectivity index (χ2v) is 7.89. The van der Waals surface area contributed by atoms with Gasteiger partial charge in [0.15, 0.2) is 0 Å². The van der Waals surface area contributed by atoms with E-state index in [2.05, 4.69) is 33.5 Å². The van der Waals surface area contributed by atoms with Crippen LogP contribution in [-0.4, -0.2) is 39.4 Å². The van der Waals surface area contributed by atoms with Crippen LogP contribution in [0.15, 0.2) is 41.9 Å². The number of benzene rings is 1. The average molecular weight is 371 g/mol. The van der Waals surface area contributed by atoms with Crippen LogP contribution in [-0.2, 0) is 6.54 Å². The standard InChI is InChI=1S/C20H22FN3OS/c1-13-7-9-26-20(13)17-6-8-24(12-18(17)25)11-15-10-22-23-19(15)14-2-4-16(21)5-3-14/h2-5,7,9-10,17-18,25H,6,8,11-12H2,1H3,(H,22,23)/t17-,18-/m1/s1. The van der Waals surface area contributed by atoms with E-state index in [1.807, 2.05) is 6.20 Å². The lowest BCUT2D eigenvalue weighted by Gasteiger charge is -2.35. The summed E-state index contributed by atoms with van der Waals surface area (Å²) in [7, 11) is 0. The van der Waals surface area contributed by atoms with Crippen LogP contribution in [0.4, 0.5) is 4.39 Å². The third-order valence-corrected chi connectivity index (χ3v) is 6.30. The van der Waals surface area contributed by atoms with Crippen molar-refractivity contribution in [1.29, 1.82) is 0 Å². The zero-order valence-electron chi connectivity index (χ0n) is 14.7. The minimum atomic E-state index is -0.359. The smallest absolute Gasteiger partial charge is 0.123 e. The molecule has 0 unspecified atom stereocenters. The number of nitrogens with one attached hydrogen (secondary N) is 1. The molecule has 3 aromatic rings. The van der Waals surface area contributed by atoms with Crippen molar-refractivity contribution in [2.45, 2.75) is 31.9 Å². The lowest BCUT2D eigenvalue weighted by Crippen LogP contribution is -2.42. The maximum atomic E-state index is 13.2. The van der Waals surface area contributed by atoms with E-state index in [1.165, 1.54) is 22.6 Å². The molecule has 2 aromatic heterocycles. The van der Waals surface area contributed by atoms with Crippen LogP contribution in [0.5, 0.6) is 0 Å². The van der Waals surface area contributed by atoms with E-state index in [0.717, 1.165) is 36.3 Å². The number of piperidine rings is 1. The Hall–Kier alpha value is -2.02. The highest BCUT2D eigenvalue weighted by Crippen LogP contribution is 2.35. The zero-order chi connectivity index (χ0) is 18.1. The fraction of sp³-hybridized carbons (Fsp3) is 0.350. The Morgan fingerprint density at radius 2 is 2.12 bits per heavy atom.